The summed E-state index contributed by atoms with van der Waals surface area (Å²) in [5.74, 6) is 0.177. The Morgan fingerprint density at radius 1 is 1.46 bits per heavy atom. The van der Waals surface area contributed by atoms with Gasteiger partial charge in [-0.15, -0.1) is 0 Å². The number of nitrogens with zero attached hydrogens (tertiary/aromatic N) is 1. The van der Waals surface area contributed by atoms with Crippen molar-refractivity contribution in [2.75, 3.05) is 13.1 Å². The zero-order valence-electron chi connectivity index (χ0n) is 7.52. The van der Waals surface area contributed by atoms with Gasteiger partial charge in [0.2, 0.25) is 0 Å². The van der Waals surface area contributed by atoms with E-state index in [1.807, 2.05) is 12.2 Å². The van der Waals surface area contributed by atoms with Crippen molar-refractivity contribution in [1.29, 1.82) is 0 Å². The molecule has 1 fully saturated rings. The molecule has 0 amide bonds. The minimum Gasteiger partial charge on any atom is -0.326 e. The first-order chi connectivity index (χ1) is 6.27. The zero-order chi connectivity index (χ0) is 9.26. The fraction of sp³-hybridized carbons (Fsp3) is 0.500. The van der Waals surface area contributed by atoms with Gasteiger partial charge in [-0.2, -0.15) is 0 Å². The van der Waals surface area contributed by atoms with Crippen molar-refractivity contribution >= 4 is 5.78 Å². The molecule has 70 valence electrons. The third-order valence-corrected chi connectivity index (χ3v) is 2.61. The second-order valence-corrected chi connectivity index (χ2v) is 3.63. The molecular weight excluding hydrogens is 164 g/mol. The Hall–Kier alpha value is -0.930. The summed E-state index contributed by atoms with van der Waals surface area (Å²) in [6.07, 6.45) is 8.29. The number of hydrogen-bond donors (Lipinski definition) is 1. The lowest BCUT2D eigenvalue weighted by atomic mass is 10.1. The first-order valence-electron chi connectivity index (χ1n) is 4.66. The Bertz CT molecular complexity index is 270. The molecule has 3 heteroatoms. The van der Waals surface area contributed by atoms with Crippen LogP contribution in [0.2, 0.25) is 0 Å². The van der Waals surface area contributed by atoms with Crippen molar-refractivity contribution in [2.45, 2.75) is 18.5 Å². The van der Waals surface area contributed by atoms with Gasteiger partial charge in [0.1, 0.15) is 0 Å². The Balaban J connectivity index is 2.05. The number of ketones is 1. The quantitative estimate of drug-likeness (QED) is 0.618. The molecule has 13 heavy (non-hydrogen) atoms. The lowest BCUT2D eigenvalue weighted by molar-refractivity contribution is -0.117. The van der Waals surface area contributed by atoms with Crippen molar-refractivity contribution in [3.05, 3.63) is 24.3 Å². The summed E-state index contributed by atoms with van der Waals surface area (Å²) in [4.78, 5) is 13.6. The normalized spacial score (nSPS) is 34.4. The van der Waals surface area contributed by atoms with Crippen LogP contribution in [0.15, 0.2) is 24.3 Å². The second kappa shape index (κ2) is 3.44. The molecule has 3 nitrogen and oxygen atoms in total. The highest BCUT2D eigenvalue weighted by Gasteiger charge is 2.28. The predicted octanol–water partition coefficient (Wildman–Crippen LogP) is 0.0831. The Morgan fingerprint density at radius 3 is 2.92 bits per heavy atom. The van der Waals surface area contributed by atoms with Crippen LogP contribution in [0.1, 0.15) is 6.42 Å². The summed E-state index contributed by atoms with van der Waals surface area (Å²) in [6, 6.07) is 0.186. The van der Waals surface area contributed by atoms with E-state index >= 15 is 0 Å². The van der Waals surface area contributed by atoms with Gasteiger partial charge in [-0.3, -0.25) is 9.69 Å². The number of carbonyl (C=O) groups is 1. The van der Waals surface area contributed by atoms with E-state index in [0.717, 1.165) is 19.5 Å². The molecule has 1 heterocycles. The summed E-state index contributed by atoms with van der Waals surface area (Å²) in [6.45, 7) is 1.78. The maximum atomic E-state index is 11.5. The summed E-state index contributed by atoms with van der Waals surface area (Å²) in [7, 11) is 0. The molecule has 0 bridgehead atoms. The lowest BCUT2D eigenvalue weighted by Gasteiger charge is -2.23. The van der Waals surface area contributed by atoms with E-state index in [4.69, 9.17) is 5.73 Å². The molecule has 0 radical (unpaired) electrons. The van der Waals surface area contributed by atoms with Crippen molar-refractivity contribution in [2.24, 2.45) is 5.73 Å². The van der Waals surface area contributed by atoms with Crippen molar-refractivity contribution in [3.63, 3.8) is 0 Å². The van der Waals surface area contributed by atoms with Crippen molar-refractivity contribution in [3.8, 4) is 0 Å². The molecule has 1 saturated heterocycles. The van der Waals surface area contributed by atoms with E-state index < -0.39 is 0 Å². The minimum absolute atomic E-state index is 0.0569. The van der Waals surface area contributed by atoms with Gasteiger partial charge in [-0.05, 0) is 12.5 Å². The number of hydrogen-bond acceptors (Lipinski definition) is 3. The van der Waals surface area contributed by atoms with Gasteiger partial charge in [-0.25, -0.2) is 0 Å². The van der Waals surface area contributed by atoms with E-state index in [2.05, 4.69) is 4.90 Å². The minimum atomic E-state index is -0.0569. The summed E-state index contributed by atoms with van der Waals surface area (Å²) in [5.41, 5.74) is 5.78. The summed E-state index contributed by atoms with van der Waals surface area (Å²) >= 11 is 0. The Labute approximate surface area is 77.9 Å². The summed E-state index contributed by atoms with van der Waals surface area (Å²) < 4.78 is 0. The van der Waals surface area contributed by atoms with Crippen LogP contribution in [-0.4, -0.2) is 35.9 Å². The van der Waals surface area contributed by atoms with Crippen molar-refractivity contribution < 1.29 is 4.79 Å². The molecule has 0 aromatic carbocycles. The lowest BCUT2D eigenvalue weighted by Crippen LogP contribution is -2.39. The highest BCUT2D eigenvalue weighted by molar-refractivity contribution is 5.97. The number of nitrogens with two attached hydrogens (primary N) is 1. The monoisotopic (exact) mass is 178 g/mol. The highest BCUT2D eigenvalue weighted by atomic mass is 16.1. The molecule has 2 rings (SSSR count). The average molecular weight is 178 g/mol. The molecule has 0 aromatic rings. The Kier molecular flexibility index (Phi) is 2.29. The summed E-state index contributed by atoms with van der Waals surface area (Å²) in [5, 5.41) is 0. The molecule has 2 unspecified atom stereocenters. The van der Waals surface area contributed by atoms with Gasteiger partial charge >= 0.3 is 0 Å². The maximum Gasteiger partial charge on any atom is 0.176 e. The van der Waals surface area contributed by atoms with E-state index in [-0.39, 0.29) is 17.9 Å². The van der Waals surface area contributed by atoms with Gasteiger partial charge in [0, 0.05) is 19.1 Å². The molecule has 1 aliphatic heterocycles. The molecule has 2 aliphatic rings. The van der Waals surface area contributed by atoms with Gasteiger partial charge < -0.3 is 5.73 Å². The van der Waals surface area contributed by atoms with Gasteiger partial charge in [0.05, 0.1) is 6.04 Å². The van der Waals surface area contributed by atoms with Crippen molar-refractivity contribution in [1.82, 2.24) is 4.90 Å². The molecule has 1 aliphatic carbocycles. The Morgan fingerprint density at radius 2 is 2.31 bits per heavy atom. The molecule has 2 atom stereocenters. The fourth-order valence-electron chi connectivity index (χ4n) is 1.88. The molecule has 0 saturated carbocycles. The largest absolute Gasteiger partial charge is 0.326 e. The van der Waals surface area contributed by atoms with Crippen LogP contribution in [0, 0.1) is 0 Å². The van der Waals surface area contributed by atoms with Crippen LogP contribution < -0.4 is 5.73 Å². The first-order valence-corrected chi connectivity index (χ1v) is 4.66. The molecule has 0 aromatic heterocycles. The van der Waals surface area contributed by atoms with E-state index in [1.165, 1.54) is 0 Å². The second-order valence-electron chi connectivity index (χ2n) is 3.63. The van der Waals surface area contributed by atoms with Gasteiger partial charge in [0.15, 0.2) is 5.78 Å². The zero-order valence-corrected chi connectivity index (χ0v) is 7.52. The fourth-order valence-corrected chi connectivity index (χ4v) is 1.88. The molecule has 0 spiro atoms. The van der Waals surface area contributed by atoms with E-state index in [9.17, 15) is 4.79 Å². The van der Waals surface area contributed by atoms with Crippen LogP contribution in [0.3, 0.4) is 0 Å². The smallest absolute Gasteiger partial charge is 0.176 e. The van der Waals surface area contributed by atoms with Crippen LogP contribution >= 0.6 is 0 Å². The van der Waals surface area contributed by atoms with Gasteiger partial charge in [-0.1, -0.05) is 18.2 Å². The van der Waals surface area contributed by atoms with E-state index in [0.29, 0.717) is 0 Å². The third kappa shape index (κ3) is 1.71. The SMILES string of the molecule is NC1CCN(C2C=CC=CC2=O)C1. The van der Waals surface area contributed by atoms with Crippen LogP contribution in [0.4, 0.5) is 0 Å². The number of likely N-dealkylation sites (tertiary alicyclic amines) is 1. The van der Waals surface area contributed by atoms with Crippen LogP contribution in [0.5, 0.6) is 0 Å². The highest BCUT2D eigenvalue weighted by Crippen LogP contribution is 2.15. The number of rotatable bonds is 1. The topological polar surface area (TPSA) is 46.3 Å². The standard InChI is InChI=1S/C10H14N2O/c11-8-5-6-12(7-8)9-3-1-2-4-10(9)13/h1-4,8-9H,5-7,11H2. The number of allylic oxidation sites excluding steroid dienone is 2. The van der Waals surface area contributed by atoms with Crippen LogP contribution in [-0.2, 0) is 4.79 Å². The van der Waals surface area contributed by atoms with Gasteiger partial charge in [0.25, 0.3) is 0 Å². The van der Waals surface area contributed by atoms with Crippen LogP contribution in [0.25, 0.3) is 0 Å². The third-order valence-electron chi connectivity index (χ3n) is 2.61. The number of carbonyl (C=O) groups excluding carboxylic acids is 1. The molecular formula is C10H14N2O. The van der Waals surface area contributed by atoms with E-state index in [1.54, 1.807) is 12.2 Å². The molecule has 2 N–H and O–H groups in total. The predicted molar refractivity (Wildman–Crippen MR) is 51.2 cm³/mol. The average Bonchev–Trinajstić information content (AvgIpc) is 2.53. The maximum absolute atomic E-state index is 11.5. The first kappa shape index (κ1) is 8.66.